The molecule has 1 aromatic rings. The van der Waals surface area contributed by atoms with Crippen LogP contribution in [0.3, 0.4) is 0 Å². The molecule has 0 unspecified atom stereocenters. The second-order valence-corrected chi connectivity index (χ2v) is 4.85. The van der Waals surface area contributed by atoms with Crippen LogP contribution in [0.2, 0.25) is 0 Å². The second kappa shape index (κ2) is 6.53. The summed E-state index contributed by atoms with van der Waals surface area (Å²) in [5.41, 5.74) is -0.210. The summed E-state index contributed by atoms with van der Waals surface area (Å²) in [5, 5.41) is 11.3. The van der Waals surface area contributed by atoms with Gasteiger partial charge in [0, 0.05) is 20.2 Å². The van der Waals surface area contributed by atoms with Crippen LogP contribution in [-0.2, 0) is 4.74 Å². The van der Waals surface area contributed by atoms with Crippen LogP contribution >= 0.6 is 0 Å². The largest absolute Gasteiger partial charge is 0.478 e. The van der Waals surface area contributed by atoms with Crippen LogP contribution < -0.4 is 5.32 Å². The number of amides is 2. The van der Waals surface area contributed by atoms with Gasteiger partial charge in [-0.3, -0.25) is 0 Å². The molecule has 2 amide bonds. The second-order valence-electron chi connectivity index (χ2n) is 4.85. The summed E-state index contributed by atoms with van der Waals surface area (Å²) >= 11 is 0. The third-order valence-corrected chi connectivity index (χ3v) is 3.52. The number of hydrogen-bond donors (Lipinski definition) is 2. The maximum absolute atomic E-state index is 13.6. The number of benzene rings is 1. The van der Waals surface area contributed by atoms with E-state index in [1.807, 2.05) is 0 Å². The Hall–Kier alpha value is -2.15. The molecule has 1 heterocycles. The number of carboxylic acids is 1. The van der Waals surface area contributed by atoms with Gasteiger partial charge in [0.15, 0.2) is 0 Å². The third-order valence-electron chi connectivity index (χ3n) is 3.52. The van der Waals surface area contributed by atoms with Crippen molar-refractivity contribution >= 4 is 17.7 Å². The molecule has 1 aromatic carbocycles. The van der Waals surface area contributed by atoms with E-state index in [0.29, 0.717) is 13.1 Å². The van der Waals surface area contributed by atoms with Gasteiger partial charge >= 0.3 is 12.0 Å². The molecule has 2 N–H and O–H groups in total. The Kier molecular flexibility index (Phi) is 4.74. The lowest BCUT2D eigenvalue weighted by atomic mass is 10.1. The highest BCUT2D eigenvalue weighted by Gasteiger charge is 2.23. The van der Waals surface area contributed by atoms with Crippen molar-refractivity contribution in [1.29, 1.82) is 0 Å². The van der Waals surface area contributed by atoms with Gasteiger partial charge in [0.1, 0.15) is 5.82 Å². The number of rotatable bonds is 3. The first-order valence-electron chi connectivity index (χ1n) is 6.63. The van der Waals surface area contributed by atoms with Crippen molar-refractivity contribution in [1.82, 2.24) is 4.90 Å². The highest BCUT2D eigenvalue weighted by Crippen LogP contribution is 2.19. The van der Waals surface area contributed by atoms with E-state index in [-0.39, 0.29) is 17.4 Å². The van der Waals surface area contributed by atoms with Gasteiger partial charge in [-0.25, -0.2) is 14.0 Å². The summed E-state index contributed by atoms with van der Waals surface area (Å²) in [6.45, 7) is 1.04. The van der Waals surface area contributed by atoms with E-state index in [9.17, 15) is 14.0 Å². The predicted octanol–water partition coefficient (Wildman–Crippen LogP) is 2.17. The zero-order valence-corrected chi connectivity index (χ0v) is 11.6. The maximum Gasteiger partial charge on any atom is 0.335 e. The normalized spacial score (nSPS) is 15.8. The van der Waals surface area contributed by atoms with Gasteiger partial charge in [-0.2, -0.15) is 0 Å². The summed E-state index contributed by atoms with van der Waals surface area (Å²) in [5.74, 6) is -1.84. The fraction of sp³-hybridized carbons (Fsp3) is 0.429. The smallest absolute Gasteiger partial charge is 0.335 e. The molecular formula is C14H17FN2O4. The summed E-state index contributed by atoms with van der Waals surface area (Å²) in [4.78, 5) is 24.5. The zero-order valence-electron chi connectivity index (χ0n) is 11.6. The maximum atomic E-state index is 13.6. The lowest BCUT2D eigenvalue weighted by Crippen LogP contribution is -2.42. The Balaban J connectivity index is 2.03. The molecule has 1 aliphatic heterocycles. The highest BCUT2D eigenvalue weighted by atomic mass is 19.1. The van der Waals surface area contributed by atoms with Crippen LogP contribution in [0.15, 0.2) is 18.2 Å². The van der Waals surface area contributed by atoms with E-state index in [4.69, 9.17) is 9.84 Å². The number of aromatic carboxylic acids is 1. The fourth-order valence-corrected chi connectivity index (χ4v) is 2.24. The summed E-state index contributed by atoms with van der Waals surface area (Å²) in [7, 11) is 1.63. The molecule has 0 atom stereocenters. The average Bonchev–Trinajstić information content (AvgIpc) is 2.49. The SMILES string of the molecule is COC1CCN(C(=O)Nc2cc(C(=O)O)ccc2F)CC1. The molecule has 6 nitrogen and oxygen atoms in total. The molecule has 0 aromatic heterocycles. The van der Waals surface area contributed by atoms with Crippen molar-refractivity contribution in [2.24, 2.45) is 0 Å². The molecule has 0 radical (unpaired) electrons. The minimum atomic E-state index is -1.17. The number of likely N-dealkylation sites (tertiary alicyclic amines) is 1. The molecule has 0 spiro atoms. The van der Waals surface area contributed by atoms with Crippen LogP contribution in [0.5, 0.6) is 0 Å². The Morgan fingerprint density at radius 2 is 2.05 bits per heavy atom. The van der Waals surface area contributed by atoms with Gasteiger partial charge in [0.2, 0.25) is 0 Å². The number of anilines is 1. The molecule has 1 fully saturated rings. The Labute approximate surface area is 121 Å². The Morgan fingerprint density at radius 1 is 1.38 bits per heavy atom. The van der Waals surface area contributed by atoms with Crippen molar-refractivity contribution in [3.05, 3.63) is 29.6 Å². The highest BCUT2D eigenvalue weighted by molar-refractivity contribution is 5.93. The molecule has 1 saturated heterocycles. The number of nitrogens with zero attached hydrogens (tertiary/aromatic N) is 1. The molecule has 0 bridgehead atoms. The van der Waals surface area contributed by atoms with Gasteiger partial charge in [-0.15, -0.1) is 0 Å². The molecule has 0 aliphatic carbocycles. The molecule has 0 saturated carbocycles. The summed E-state index contributed by atoms with van der Waals surface area (Å²) in [6.07, 6.45) is 1.59. The molecule has 114 valence electrons. The van der Waals surface area contributed by atoms with Crippen LogP contribution in [0.25, 0.3) is 0 Å². The van der Waals surface area contributed by atoms with Crippen molar-refractivity contribution in [3.8, 4) is 0 Å². The van der Waals surface area contributed by atoms with Gasteiger partial charge in [0.05, 0.1) is 17.4 Å². The van der Waals surface area contributed by atoms with E-state index in [1.54, 1.807) is 12.0 Å². The first kappa shape index (κ1) is 15.2. The van der Waals surface area contributed by atoms with Crippen molar-refractivity contribution in [2.45, 2.75) is 18.9 Å². The number of carbonyl (C=O) groups excluding carboxylic acids is 1. The number of halogens is 1. The molecule has 1 aliphatic rings. The Bertz CT molecular complexity index is 542. The monoisotopic (exact) mass is 296 g/mol. The standard InChI is InChI=1S/C14H17FN2O4/c1-21-10-4-6-17(7-5-10)14(20)16-12-8-9(13(18)19)2-3-11(12)15/h2-3,8,10H,4-7H2,1H3,(H,16,20)(H,18,19). The summed E-state index contributed by atoms with van der Waals surface area (Å²) < 4.78 is 18.8. The predicted molar refractivity (Wildman–Crippen MR) is 74.0 cm³/mol. The van der Waals surface area contributed by atoms with Crippen LogP contribution in [0.1, 0.15) is 23.2 Å². The minimum absolute atomic E-state index is 0.0789. The van der Waals surface area contributed by atoms with Gasteiger partial charge in [0.25, 0.3) is 0 Å². The number of carboxylic acid groups (broad SMARTS) is 1. The van der Waals surface area contributed by atoms with Crippen molar-refractivity contribution in [2.75, 3.05) is 25.5 Å². The van der Waals surface area contributed by atoms with Gasteiger partial charge < -0.3 is 20.1 Å². The van der Waals surface area contributed by atoms with Gasteiger partial charge in [-0.05, 0) is 31.0 Å². The lowest BCUT2D eigenvalue weighted by Gasteiger charge is -2.31. The van der Waals surface area contributed by atoms with Crippen molar-refractivity contribution in [3.63, 3.8) is 0 Å². The number of piperidine rings is 1. The molecular weight excluding hydrogens is 279 g/mol. The van der Waals surface area contributed by atoms with E-state index < -0.39 is 17.8 Å². The van der Waals surface area contributed by atoms with Crippen LogP contribution in [0.4, 0.5) is 14.9 Å². The molecule has 2 rings (SSSR count). The number of ether oxygens (including phenoxy) is 1. The minimum Gasteiger partial charge on any atom is -0.478 e. The molecule has 21 heavy (non-hydrogen) atoms. The average molecular weight is 296 g/mol. The zero-order chi connectivity index (χ0) is 15.4. The fourth-order valence-electron chi connectivity index (χ4n) is 2.24. The summed E-state index contributed by atoms with van der Waals surface area (Å²) in [6, 6.07) is 2.84. The number of hydrogen-bond acceptors (Lipinski definition) is 3. The van der Waals surface area contributed by atoms with E-state index in [0.717, 1.165) is 31.0 Å². The van der Waals surface area contributed by atoms with Crippen LogP contribution in [-0.4, -0.2) is 48.3 Å². The quantitative estimate of drug-likeness (QED) is 0.896. The van der Waals surface area contributed by atoms with Gasteiger partial charge in [-0.1, -0.05) is 0 Å². The van der Waals surface area contributed by atoms with E-state index in [1.165, 1.54) is 0 Å². The number of urea groups is 1. The number of nitrogens with one attached hydrogen (secondary N) is 1. The first-order chi connectivity index (χ1) is 10.0. The number of methoxy groups -OCH3 is 1. The van der Waals surface area contributed by atoms with E-state index in [2.05, 4.69) is 5.32 Å². The third kappa shape index (κ3) is 3.69. The lowest BCUT2D eigenvalue weighted by molar-refractivity contribution is 0.0521. The van der Waals surface area contributed by atoms with Crippen LogP contribution in [0, 0.1) is 5.82 Å². The van der Waals surface area contributed by atoms with E-state index >= 15 is 0 Å². The number of carbonyl (C=O) groups is 2. The topological polar surface area (TPSA) is 78.9 Å². The van der Waals surface area contributed by atoms with Crippen molar-refractivity contribution < 1.29 is 23.8 Å². The Morgan fingerprint density at radius 3 is 2.62 bits per heavy atom. The first-order valence-corrected chi connectivity index (χ1v) is 6.63. The molecule has 7 heteroatoms.